The van der Waals surface area contributed by atoms with Crippen molar-refractivity contribution in [1.82, 2.24) is 19.5 Å². The van der Waals surface area contributed by atoms with Gasteiger partial charge >= 0.3 is 0 Å². The number of hydrogen-bond donors (Lipinski definition) is 1. The highest BCUT2D eigenvalue weighted by Crippen LogP contribution is 2.18. The second-order valence-corrected chi connectivity index (χ2v) is 7.52. The van der Waals surface area contributed by atoms with Crippen LogP contribution in [0.1, 0.15) is 32.2 Å². The number of nitrogens with one attached hydrogen (secondary N) is 1. The van der Waals surface area contributed by atoms with Gasteiger partial charge in [-0.3, -0.25) is 14.2 Å². The van der Waals surface area contributed by atoms with Gasteiger partial charge in [0.1, 0.15) is 17.8 Å². The smallest absolute Gasteiger partial charge is 0.265 e. The monoisotopic (exact) mass is 412 g/mol. The molecule has 4 rings (SSSR count). The molecule has 1 unspecified atom stereocenters. The molecule has 2 aromatic heterocycles. The number of aromatic nitrogens is 4. The summed E-state index contributed by atoms with van der Waals surface area (Å²) in [6, 6.07) is 6.01. The Balaban J connectivity index is 1.58. The first kappa shape index (κ1) is 19.3. The number of fused-ring (bicyclic) bond motifs is 1. The van der Waals surface area contributed by atoms with Crippen LogP contribution in [0.25, 0.3) is 11.0 Å². The average molecular weight is 413 g/mol. The Morgan fingerprint density at radius 1 is 1.14 bits per heavy atom. The van der Waals surface area contributed by atoms with Crippen LogP contribution in [0.15, 0.2) is 41.6 Å². The van der Waals surface area contributed by atoms with Crippen LogP contribution < -0.4 is 15.8 Å². The molecule has 0 aliphatic carbocycles. The third-order valence-corrected chi connectivity index (χ3v) is 5.32. The van der Waals surface area contributed by atoms with Crippen molar-refractivity contribution in [3.8, 4) is 0 Å². The Morgan fingerprint density at radius 2 is 1.86 bits per heavy atom. The first-order valence-electron chi connectivity index (χ1n) is 9.58. The van der Waals surface area contributed by atoms with E-state index in [2.05, 4.69) is 25.2 Å². The van der Waals surface area contributed by atoms with Crippen LogP contribution in [0, 0.1) is 0 Å². The zero-order chi connectivity index (χ0) is 20.4. The van der Waals surface area contributed by atoms with Crippen molar-refractivity contribution >= 4 is 40.2 Å². The lowest BCUT2D eigenvalue weighted by molar-refractivity contribution is -0.118. The molecule has 1 fully saturated rings. The van der Waals surface area contributed by atoms with Crippen LogP contribution in [-0.4, -0.2) is 38.5 Å². The van der Waals surface area contributed by atoms with E-state index in [1.807, 2.05) is 0 Å². The minimum absolute atomic E-state index is 0.291. The van der Waals surface area contributed by atoms with Crippen molar-refractivity contribution in [3.63, 3.8) is 0 Å². The van der Waals surface area contributed by atoms with Crippen molar-refractivity contribution in [2.24, 2.45) is 0 Å². The average Bonchev–Trinajstić information content (AvgIpc) is 2.75. The highest BCUT2D eigenvalue weighted by atomic mass is 35.5. The van der Waals surface area contributed by atoms with Gasteiger partial charge < -0.3 is 10.2 Å². The van der Waals surface area contributed by atoms with Crippen LogP contribution in [-0.2, 0) is 4.79 Å². The standard InChI is InChI=1S/C20H21ClN6O2/c1-13(18(28)24-15-7-5-14(21)6-8-15)27-12-23-17-16(19(27)29)11-22-20(25-17)26-9-3-2-4-10-26/h5-8,11-13H,2-4,9-10H2,1H3,(H,24,28). The molecule has 1 amide bonds. The topological polar surface area (TPSA) is 93.0 Å². The molecule has 1 aromatic carbocycles. The predicted octanol–water partition coefficient (Wildman–Crippen LogP) is 3.03. The Hall–Kier alpha value is -3.00. The summed E-state index contributed by atoms with van der Waals surface area (Å²) >= 11 is 5.86. The van der Waals surface area contributed by atoms with Crippen LogP contribution in [0.4, 0.5) is 11.6 Å². The molecule has 9 heteroatoms. The molecule has 0 spiro atoms. The molecular formula is C20H21ClN6O2. The number of nitrogens with zero attached hydrogens (tertiary/aromatic N) is 5. The molecule has 1 N–H and O–H groups in total. The highest BCUT2D eigenvalue weighted by Gasteiger charge is 2.20. The maximum absolute atomic E-state index is 12.9. The first-order chi connectivity index (χ1) is 14.0. The van der Waals surface area contributed by atoms with Gasteiger partial charge in [-0.15, -0.1) is 0 Å². The zero-order valence-electron chi connectivity index (χ0n) is 16.0. The molecule has 1 atom stereocenters. The molecule has 0 bridgehead atoms. The Morgan fingerprint density at radius 3 is 2.59 bits per heavy atom. The molecule has 1 aliphatic heterocycles. The van der Waals surface area contributed by atoms with E-state index in [1.165, 1.54) is 23.5 Å². The van der Waals surface area contributed by atoms with Gasteiger partial charge in [0, 0.05) is 30.0 Å². The molecule has 1 saturated heterocycles. The number of hydrogen-bond acceptors (Lipinski definition) is 6. The van der Waals surface area contributed by atoms with Gasteiger partial charge in [0.25, 0.3) is 5.56 Å². The molecule has 8 nitrogen and oxygen atoms in total. The summed E-state index contributed by atoms with van der Waals surface area (Å²) in [5.74, 6) is 0.261. The predicted molar refractivity (Wildman–Crippen MR) is 112 cm³/mol. The number of amides is 1. The molecular weight excluding hydrogens is 392 g/mol. The summed E-state index contributed by atoms with van der Waals surface area (Å²) in [6.45, 7) is 3.46. The quantitative estimate of drug-likeness (QED) is 0.708. The van der Waals surface area contributed by atoms with Gasteiger partial charge in [0.2, 0.25) is 11.9 Å². The number of carbonyl (C=O) groups excluding carboxylic acids is 1. The van der Waals surface area contributed by atoms with Gasteiger partial charge in [-0.05, 0) is 50.5 Å². The van der Waals surface area contributed by atoms with Crippen molar-refractivity contribution in [1.29, 1.82) is 0 Å². The second kappa shape index (κ2) is 8.16. The molecule has 3 heterocycles. The van der Waals surface area contributed by atoms with E-state index in [0.717, 1.165) is 25.9 Å². The fourth-order valence-electron chi connectivity index (χ4n) is 3.35. The third-order valence-electron chi connectivity index (χ3n) is 5.07. The molecule has 1 aliphatic rings. The summed E-state index contributed by atoms with van der Waals surface area (Å²) in [7, 11) is 0. The van der Waals surface area contributed by atoms with E-state index < -0.39 is 6.04 Å². The summed E-state index contributed by atoms with van der Waals surface area (Å²) in [4.78, 5) is 40.7. The third kappa shape index (κ3) is 4.07. The number of rotatable bonds is 4. The van der Waals surface area contributed by atoms with E-state index in [4.69, 9.17) is 11.6 Å². The number of halogens is 1. The lowest BCUT2D eigenvalue weighted by Crippen LogP contribution is -2.33. The Labute approximate surface area is 172 Å². The number of piperidine rings is 1. The number of anilines is 2. The van der Waals surface area contributed by atoms with Crippen molar-refractivity contribution in [2.75, 3.05) is 23.3 Å². The normalized spacial score (nSPS) is 15.3. The van der Waals surface area contributed by atoms with Crippen LogP contribution in [0.5, 0.6) is 0 Å². The van der Waals surface area contributed by atoms with Gasteiger partial charge in [0.15, 0.2) is 5.65 Å². The van der Waals surface area contributed by atoms with Crippen molar-refractivity contribution in [2.45, 2.75) is 32.2 Å². The Bertz CT molecular complexity index is 1090. The lowest BCUT2D eigenvalue weighted by atomic mass is 10.1. The minimum Gasteiger partial charge on any atom is -0.341 e. The van der Waals surface area contributed by atoms with Crippen LogP contribution in [0.2, 0.25) is 5.02 Å². The molecule has 150 valence electrons. The second-order valence-electron chi connectivity index (χ2n) is 7.08. The fraction of sp³-hybridized carbons (Fsp3) is 0.350. The van der Waals surface area contributed by atoms with E-state index in [-0.39, 0.29) is 11.5 Å². The summed E-state index contributed by atoms with van der Waals surface area (Å²) < 4.78 is 1.29. The van der Waals surface area contributed by atoms with E-state index >= 15 is 0 Å². The first-order valence-corrected chi connectivity index (χ1v) is 9.96. The number of benzene rings is 1. The fourth-order valence-corrected chi connectivity index (χ4v) is 3.48. The minimum atomic E-state index is -0.753. The van der Waals surface area contributed by atoms with Gasteiger partial charge in [-0.2, -0.15) is 4.98 Å². The SMILES string of the molecule is CC(C(=O)Nc1ccc(Cl)cc1)n1cnc2nc(N3CCCCC3)ncc2c1=O. The largest absolute Gasteiger partial charge is 0.341 e. The highest BCUT2D eigenvalue weighted by molar-refractivity contribution is 6.30. The summed E-state index contributed by atoms with van der Waals surface area (Å²) in [5, 5.41) is 3.64. The van der Waals surface area contributed by atoms with Gasteiger partial charge in [-0.1, -0.05) is 11.6 Å². The summed E-state index contributed by atoms with van der Waals surface area (Å²) in [6.07, 6.45) is 6.29. The Kier molecular flexibility index (Phi) is 5.44. The summed E-state index contributed by atoms with van der Waals surface area (Å²) in [5.41, 5.74) is 0.591. The lowest BCUT2D eigenvalue weighted by Gasteiger charge is -2.26. The maximum Gasteiger partial charge on any atom is 0.265 e. The van der Waals surface area contributed by atoms with Crippen LogP contribution >= 0.6 is 11.6 Å². The van der Waals surface area contributed by atoms with E-state index in [0.29, 0.717) is 27.7 Å². The van der Waals surface area contributed by atoms with Gasteiger partial charge in [-0.25, -0.2) is 9.97 Å². The van der Waals surface area contributed by atoms with Crippen molar-refractivity contribution in [3.05, 3.63) is 52.2 Å². The molecule has 0 saturated carbocycles. The maximum atomic E-state index is 12.9. The molecule has 0 radical (unpaired) electrons. The van der Waals surface area contributed by atoms with E-state index in [9.17, 15) is 9.59 Å². The molecule has 3 aromatic rings. The van der Waals surface area contributed by atoms with Gasteiger partial charge in [0.05, 0.1) is 0 Å². The van der Waals surface area contributed by atoms with E-state index in [1.54, 1.807) is 31.2 Å². The van der Waals surface area contributed by atoms with Crippen molar-refractivity contribution < 1.29 is 4.79 Å². The van der Waals surface area contributed by atoms with Crippen LogP contribution in [0.3, 0.4) is 0 Å². The molecule has 29 heavy (non-hydrogen) atoms. The number of carbonyl (C=O) groups is 1. The zero-order valence-corrected chi connectivity index (χ0v) is 16.8.